The van der Waals surface area contributed by atoms with Gasteiger partial charge in [0.15, 0.2) is 0 Å². The Morgan fingerprint density at radius 2 is 1.75 bits per heavy atom. The fourth-order valence-corrected chi connectivity index (χ4v) is 2.23. The summed E-state index contributed by atoms with van der Waals surface area (Å²) in [7, 11) is 0. The molecule has 2 unspecified atom stereocenters. The number of benzene rings is 1. The number of aliphatic hydroxyl groups is 1. The molecule has 0 saturated heterocycles. The molecule has 0 saturated carbocycles. The second kappa shape index (κ2) is 6.28. The number of hydrogen-bond acceptors (Lipinski definition) is 4. The predicted molar refractivity (Wildman–Crippen MR) is 77.4 cm³/mol. The maximum absolute atomic E-state index is 11.2. The van der Waals surface area contributed by atoms with Gasteiger partial charge in [0, 0.05) is 10.8 Å². The molecule has 0 aromatic heterocycles. The molecular weight excluding hydrogens is 278 g/mol. The Hall–Kier alpha value is -1.53. The SMILES string of the molecule is CC(C(O)c1ccc(SC(N)=O)cc1)C(C)(C)C(=O)O. The lowest BCUT2D eigenvalue weighted by Crippen LogP contribution is -2.34. The van der Waals surface area contributed by atoms with E-state index >= 15 is 0 Å². The van der Waals surface area contributed by atoms with Crippen molar-refractivity contribution in [2.45, 2.75) is 31.8 Å². The van der Waals surface area contributed by atoms with Gasteiger partial charge >= 0.3 is 5.97 Å². The van der Waals surface area contributed by atoms with Crippen molar-refractivity contribution in [3.8, 4) is 0 Å². The molecule has 0 aliphatic heterocycles. The van der Waals surface area contributed by atoms with Gasteiger partial charge < -0.3 is 15.9 Å². The minimum Gasteiger partial charge on any atom is -0.481 e. The minimum absolute atomic E-state index is 0.463. The lowest BCUT2D eigenvalue weighted by Gasteiger charge is -2.31. The Kier molecular flexibility index (Phi) is 5.19. The molecule has 4 N–H and O–H groups in total. The number of aliphatic hydroxyl groups excluding tert-OH is 1. The van der Waals surface area contributed by atoms with Gasteiger partial charge in [0.2, 0.25) is 0 Å². The van der Waals surface area contributed by atoms with Crippen molar-refractivity contribution in [3.05, 3.63) is 29.8 Å². The van der Waals surface area contributed by atoms with Gasteiger partial charge in [-0.2, -0.15) is 0 Å². The van der Waals surface area contributed by atoms with Crippen LogP contribution in [0.2, 0.25) is 0 Å². The average molecular weight is 297 g/mol. The van der Waals surface area contributed by atoms with Crippen LogP contribution in [-0.2, 0) is 4.79 Å². The Balaban J connectivity index is 2.89. The molecule has 5 nitrogen and oxygen atoms in total. The van der Waals surface area contributed by atoms with E-state index in [1.807, 2.05) is 0 Å². The predicted octanol–water partition coefficient (Wildman–Crippen LogP) is 2.64. The molecule has 2 atom stereocenters. The maximum atomic E-state index is 11.2. The van der Waals surface area contributed by atoms with Crippen LogP contribution in [0.5, 0.6) is 0 Å². The van der Waals surface area contributed by atoms with E-state index in [4.69, 9.17) is 5.73 Å². The third kappa shape index (κ3) is 3.74. The van der Waals surface area contributed by atoms with Crippen LogP contribution >= 0.6 is 11.8 Å². The number of thioether (sulfide) groups is 1. The van der Waals surface area contributed by atoms with E-state index in [1.165, 1.54) is 0 Å². The normalized spacial score (nSPS) is 14.6. The van der Waals surface area contributed by atoms with Crippen molar-refractivity contribution in [3.63, 3.8) is 0 Å². The van der Waals surface area contributed by atoms with E-state index in [1.54, 1.807) is 45.0 Å². The molecule has 0 aliphatic carbocycles. The van der Waals surface area contributed by atoms with Gasteiger partial charge in [-0.1, -0.05) is 19.1 Å². The molecule has 1 rings (SSSR count). The summed E-state index contributed by atoms with van der Waals surface area (Å²) in [6.07, 6.45) is -0.895. The molecule has 0 radical (unpaired) electrons. The van der Waals surface area contributed by atoms with Gasteiger partial charge in [-0.25, -0.2) is 0 Å². The second-order valence-corrected chi connectivity index (χ2v) is 6.33. The van der Waals surface area contributed by atoms with Crippen molar-refractivity contribution >= 4 is 23.0 Å². The number of nitrogens with two attached hydrogens (primary N) is 1. The lowest BCUT2D eigenvalue weighted by molar-refractivity contribution is -0.152. The smallest absolute Gasteiger partial charge is 0.309 e. The van der Waals surface area contributed by atoms with E-state index in [-0.39, 0.29) is 0 Å². The third-order valence-corrected chi connectivity index (χ3v) is 4.31. The molecule has 0 fully saturated rings. The van der Waals surface area contributed by atoms with E-state index in [0.717, 1.165) is 11.8 Å². The molecule has 1 aromatic carbocycles. The van der Waals surface area contributed by atoms with Crippen molar-refractivity contribution < 1.29 is 19.8 Å². The molecule has 0 spiro atoms. The number of carboxylic acids is 1. The summed E-state index contributed by atoms with van der Waals surface area (Å²) in [5.74, 6) is -1.42. The first-order valence-electron chi connectivity index (χ1n) is 6.15. The number of primary amides is 1. The highest BCUT2D eigenvalue weighted by Crippen LogP contribution is 2.37. The van der Waals surface area contributed by atoms with E-state index in [2.05, 4.69) is 0 Å². The monoisotopic (exact) mass is 297 g/mol. The minimum atomic E-state index is -1.04. The highest BCUT2D eigenvalue weighted by Gasteiger charge is 2.38. The van der Waals surface area contributed by atoms with E-state index < -0.39 is 28.6 Å². The number of rotatable bonds is 5. The maximum Gasteiger partial charge on any atom is 0.309 e. The third-order valence-electron chi connectivity index (χ3n) is 3.60. The summed E-state index contributed by atoms with van der Waals surface area (Å²) >= 11 is 0.901. The molecule has 0 aliphatic rings. The number of carboxylic acid groups (broad SMARTS) is 1. The number of carbonyl (C=O) groups is 2. The van der Waals surface area contributed by atoms with Crippen LogP contribution in [0, 0.1) is 11.3 Å². The first-order valence-corrected chi connectivity index (χ1v) is 6.96. The lowest BCUT2D eigenvalue weighted by atomic mass is 9.75. The zero-order valence-electron chi connectivity index (χ0n) is 11.7. The fraction of sp³-hybridized carbons (Fsp3) is 0.429. The molecule has 0 bridgehead atoms. The number of aliphatic carboxylic acids is 1. The summed E-state index contributed by atoms with van der Waals surface area (Å²) in [5.41, 5.74) is 4.64. The Morgan fingerprint density at radius 1 is 1.25 bits per heavy atom. The van der Waals surface area contributed by atoms with Crippen LogP contribution in [0.4, 0.5) is 4.79 Å². The first-order chi connectivity index (χ1) is 9.16. The van der Waals surface area contributed by atoms with Crippen molar-refractivity contribution in [1.29, 1.82) is 0 Å². The van der Waals surface area contributed by atoms with Gasteiger partial charge in [-0.3, -0.25) is 9.59 Å². The zero-order valence-corrected chi connectivity index (χ0v) is 12.5. The first kappa shape index (κ1) is 16.5. The van der Waals surface area contributed by atoms with E-state index in [0.29, 0.717) is 10.5 Å². The highest BCUT2D eigenvalue weighted by atomic mass is 32.2. The van der Waals surface area contributed by atoms with E-state index in [9.17, 15) is 19.8 Å². The van der Waals surface area contributed by atoms with Gasteiger partial charge in [0.25, 0.3) is 5.24 Å². The van der Waals surface area contributed by atoms with Gasteiger partial charge in [0.05, 0.1) is 11.5 Å². The van der Waals surface area contributed by atoms with Crippen LogP contribution < -0.4 is 5.73 Å². The number of carbonyl (C=O) groups excluding carboxylic acids is 1. The summed E-state index contributed by atoms with van der Waals surface area (Å²) in [6, 6.07) is 6.69. The van der Waals surface area contributed by atoms with Crippen LogP contribution in [-0.4, -0.2) is 21.4 Å². The molecule has 6 heteroatoms. The van der Waals surface area contributed by atoms with Crippen LogP contribution in [0.15, 0.2) is 29.2 Å². The molecule has 0 heterocycles. The number of amides is 1. The summed E-state index contributed by atoms with van der Waals surface area (Å²) in [5, 5.41) is 19.0. The molecule has 110 valence electrons. The molecular formula is C14H19NO4S. The van der Waals surface area contributed by atoms with Crippen LogP contribution in [0.3, 0.4) is 0 Å². The van der Waals surface area contributed by atoms with Crippen LogP contribution in [0.25, 0.3) is 0 Å². The summed E-state index contributed by atoms with van der Waals surface area (Å²) in [6.45, 7) is 4.87. The molecule has 1 amide bonds. The second-order valence-electron chi connectivity index (χ2n) is 5.25. The average Bonchev–Trinajstić information content (AvgIpc) is 2.37. The summed E-state index contributed by atoms with van der Waals surface area (Å²) in [4.78, 5) is 22.7. The van der Waals surface area contributed by atoms with Gasteiger partial charge in [-0.05, 0) is 43.3 Å². The van der Waals surface area contributed by atoms with Crippen molar-refractivity contribution in [2.24, 2.45) is 17.1 Å². The Bertz CT molecular complexity index is 498. The van der Waals surface area contributed by atoms with Crippen molar-refractivity contribution in [1.82, 2.24) is 0 Å². The standard InChI is InChI=1S/C14H19NO4S/c1-8(14(2,3)12(17)18)11(16)9-4-6-10(7-5-9)20-13(15)19/h4-8,11,16H,1-3H3,(H2,15,19)(H,17,18). The summed E-state index contributed by atoms with van der Waals surface area (Å²) < 4.78 is 0. The fourth-order valence-electron chi connectivity index (χ4n) is 1.73. The van der Waals surface area contributed by atoms with Gasteiger partial charge in [-0.15, -0.1) is 0 Å². The molecule has 20 heavy (non-hydrogen) atoms. The Labute approximate surface area is 122 Å². The van der Waals surface area contributed by atoms with Crippen molar-refractivity contribution in [2.75, 3.05) is 0 Å². The molecule has 1 aromatic rings. The quantitative estimate of drug-likeness (QED) is 0.725. The highest BCUT2D eigenvalue weighted by molar-refractivity contribution is 8.13. The largest absolute Gasteiger partial charge is 0.481 e. The van der Waals surface area contributed by atoms with Crippen LogP contribution in [0.1, 0.15) is 32.4 Å². The van der Waals surface area contributed by atoms with Gasteiger partial charge in [0.1, 0.15) is 0 Å². The Morgan fingerprint density at radius 3 is 2.15 bits per heavy atom. The number of hydrogen-bond donors (Lipinski definition) is 3. The topological polar surface area (TPSA) is 101 Å². The zero-order chi connectivity index (χ0) is 15.5.